The third-order valence-electron chi connectivity index (χ3n) is 4.77. The van der Waals surface area contributed by atoms with Crippen molar-refractivity contribution in [2.75, 3.05) is 6.54 Å². The van der Waals surface area contributed by atoms with E-state index in [-0.39, 0.29) is 29.5 Å². The number of carbonyl (C=O) groups is 1. The number of aromatic nitrogens is 2. The van der Waals surface area contributed by atoms with E-state index in [1.54, 1.807) is 6.07 Å². The van der Waals surface area contributed by atoms with Gasteiger partial charge in [-0.15, -0.1) is 0 Å². The van der Waals surface area contributed by atoms with Gasteiger partial charge in [-0.1, -0.05) is 51.1 Å². The highest BCUT2D eigenvalue weighted by atomic mass is 16.2. The predicted octanol–water partition coefficient (Wildman–Crippen LogP) is 3.34. The number of amides is 1. The van der Waals surface area contributed by atoms with Crippen LogP contribution in [0.3, 0.4) is 0 Å². The highest BCUT2D eigenvalue weighted by Crippen LogP contribution is 2.30. The van der Waals surface area contributed by atoms with Gasteiger partial charge in [0.15, 0.2) is 0 Å². The van der Waals surface area contributed by atoms with Gasteiger partial charge in [-0.2, -0.15) is 5.10 Å². The number of hydrogen-bond acceptors (Lipinski definition) is 3. The summed E-state index contributed by atoms with van der Waals surface area (Å²) in [5.41, 5.74) is 1.56. The predicted molar refractivity (Wildman–Crippen MR) is 103 cm³/mol. The Morgan fingerprint density at radius 1 is 1.15 bits per heavy atom. The molecule has 0 bridgehead atoms. The molecule has 1 fully saturated rings. The zero-order valence-corrected chi connectivity index (χ0v) is 15.8. The van der Waals surface area contributed by atoms with Gasteiger partial charge in [-0.25, -0.2) is 4.68 Å². The second kappa shape index (κ2) is 7.44. The monoisotopic (exact) mass is 353 g/mol. The first-order valence-corrected chi connectivity index (χ1v) is 9.26. The molecule has 1 aromatic carbocycles. The van der Waals surface area contributed by atoms with Crippen molar-refractivity contribution >= 4 is 5.91 Å². The number of benzene rings is 1. The molecule has 5 heteroatoms. The van der Waals surface area contributed by atoms with Crippen molar-refractivity contribution in [1.29, 1.82) is 0 Å². The number of nitrogens with zero attached hydrogens (tertiary/aromatic N) is 3. The van der Waals surface area contributed by atoms with E-state index in [1.165, 1.54) is 10.7 Å². The van der Waals surface area contributed by atoms with Gasteiger partial charge >= 0.3 is 0 Å². The summed E-state index contributed by atoms with van der Waals surface area (Å²) < 4.78 is 1.29. The van der Waals surface area contributed by atoms with E-state index in [0.29, 0.717) is 5.69 Å². The molecule has 0 aliphatic carbocycles. The number of hydrogen-bond donors (Lipinski definition) is 0. The van der Waals surface area contributed by atoms with Gasteiger partial charge in [0.1, 0.15) is 6.54 Å². The number of carbonyl (C=O) groups excluding carboxylic acids is 1. The molecule has 5 nitrogen and oxygen atoms in total. The quantitative estimate of drug-likeness (QED) is 0.847. The lowest BCUT2D eigenvalue weighted by Crippen LogP contribution is -2.41. The third-order valence-corrected chi connectivity index (χ3v) is 4.77. The van der Waals surface area contributed by atoms with Gasteiger partial charge in [-0.3, -0.25) is 9.59 Å². The van der Waals surface area contributed by atoms with Gasteiger partial charge < -0.3 is 4.90 Å². The fraction of sp³-hybridized carbons (Fsp3) is 0.476. The average molecular weight is 353 g/mol. The highest BCUT2D eigenvalue weighted by Gasteiger charge is 2.31. The summed E-state index contributed by atoms with van der Waals surface area (Å²) in [6.45, 7) is 7.36. The maximum atomic E-state index is 12.8. The maximum Gasteiger partial charge on any atom is 0.267 e. The summed E-state index contributed by atoms with van der Waals surface area (Å²) in [7, 11) is 0. The topological polar surface area (TPSA) is 55.2 Å². The molecule has 0 saturated carbocycles. The molecule has 26 heavy (non-hydrogen) atoms. The summed E-state index contributed by atoms with van der Waals surface area (Å²) in [6, 6.07) is 13.1. The van der Waals surface area contributed by atoms with E-state index >= 15 is 0 Å². The highest BCUT2D eigenvalue weighted by molar-refractivity contribution is 5.76. The first kappa shape index (κ1) is 18.4. The molecule has 1 aliphatic rings. The van der Waals surface area contributed by atoms with Crippen molar-refractivity contribution < 1.29 is 4.79 Å². The lowest BCUT2D eigenvalue weighted by atomic mass is 9.87. The summed E-state index contributed by atoms with van der Waals surface area (Å²) in [6.07, 6.45) is 3.04. The first-order chi connectivity index (χ1) is 12.3. The van der Waals surface area contributed by atoms with Crippen molar-refractivity contribution in [2.45, 2.75) is 52.6 Å². The minimum absolute atomic E-state index is 0.000149. The van der Waals surface area contributed by atoms with Gasteiger partial charge in [0.2, 0.25) is 5.91 Å². The SMILES string of the molecule is CC(C)(C)CC1CCCN1C(=O)Cn1nc(-c2ccccc2)ccc1=O. The molecule has 1 unspecified atom stereocenters. The van der Waals surface area contributed by atoms with Gasteiger partial charge in [-0.05, 0) is 30.7 Å². The molecule has 0 spiro atoms. The van der Waals surface area contributed by atoms with Crippen LogP contribution < -0.4 is 5.56 Å². The molecule has 1 aromatic heterocycles. The first-order valence-electron chi connectivity index (χ1n) is 9.26. The fourth-order valence-electron chi connectivity index (χ4n) is 3.63. The Kier molecular flexibility index (Phi) is 5.25. The van der Waals surface area contributed by atoms with Crippen LogP contribution in [0, 0.1) is 5.41 Å². The summed E-state index contributed by atoms with van der Waals surface area (Å²) >= 11 is 0. The summed E-state index contributed by atoms with van der Waals surface area (Å²) in [5.74, 6) is -0.0171. The van der Waals surface area contributed by atoms with Gasteiger partial charge in [0.05, 0.1) is 5.69 Å². The molecular weight excluding hydrogens is 326 g/mol. The second-order valence-electron chi connectivity index (χ2n) is 8.23. The normalized spacial score (nSPS) is 17.5. The summed E-state index contributed by atoms with van der Waals surface area (Å²) in [4.78, 5) is 27.0. The Morgan fingerprint density at radius 2 is 1.88 bits per heavy atom. The molecule has 138 valence electrons. The Balaban J connectivity index is 1.78. The van der Waals surface area contributed by atoms with Crippen LogP contribution in [0.1, 0.15) is 40.0 Å². The van der Waals surface area contributed by atoms with E-state index in [0.717, 1.165) is 31.4 Å². The van der Waals surface area contributed by atoms with Crippen LogP contribution in [0.4, 0.5) is 0 Å². The molecule has 3 rings (SSSR count). The van der Waals surface area contributed by atoms with Crippen LogP contribution in [0.5, 0.6) is 0 Å². The van der Waals surface area contributed by atoms with Crippen molar-refractivity contribution in [2.24, 2.45) is 5.41 Å². The number of rotatable bonds is 4. The fourth-order valence-corrected chi connectivity index (χ4v) is 3.63. The minimum Gasteiger partial charge on any atom is -0.338 e. The van der Waals surface area contributed by atoms with Crippen molar-refractivity contribution in [3.8, 4) is 11.3 Å². The van der Waals surface area contributed by atoms with E-state index < -0.39 is 0 Å². The molecule has 1 amide bonds. The van der Waals surface area contributed by atoms with Crippen LogP contribution in [-0.4, -0.2) is 33.2 Å². The van der Waals surface area contributed by atoms with E-state index in [9.17, 15) is 9.59 Å². The van der Waals surface area contributed by atoms with Crippen LogP contribution in [0.2, 0.25) is 0 Å². The number of likely N-dealkylation sites (tertiary alicyclic amines) is 1. The zero-order valence-electron chi connectivity index (χ0n) is 15.8. The lowest BCUT2D eigenvalue weighted by Gasteiger charge is -2.30. The Hall–Kier alpha value is -2.43. The largest absolute Gasteiger partial charge is 0.338 e. The van der Waals surface area contributed by atoms with E-state index in [1.807, 2.05) is 35.2 Å². The van der Waals surface area contributed by atoms with Gasteiger partial charge in [0, 0.05) is 24.2 Å². The van der Waals surface area contributed by atoms with Crippen molar-refractivity contribution in [3.05, 3.63) is 52.8 Å². The molecular formula is C21H27N3O2. The van der Waals surface area contributed by atoms with Crippen LogP contribution in [0.15, 0.2) is 47.3 Å². The smallest absolute Gasteiger partial charge is 0.267 e. The van der Waals surface area contributed by atoms with Crippen LogP contribution >= 0.6 is 0 Å². The average Bonchev–Trinajstić information content (AvgIpc) is 3.04. The van der Waals surface area contributed by atoms with Crippen LogP contribution in [0.25, 0.3) is 11.3 Å². The standard InChI is InChI=1S/C21H27N3O2/c1-21(2,3)14-17-10-7-13-23(17)20(26)15-24-19(25)12-11-18(22-24)16-8-5-4-6-9-16/h4-6,8-9,11-12,17H,7,10,13-15H2,1-3H3. The van der Waals surface area contributed by atoms with E-state index in [4.69, 9.17) is 0 Å². The summed E-state index contributed by atoms with van der Waals surface area (Å²) in [5, 5.41) is 4.41. The molecule has 0 radical (unpaired) electrons. The second-order valence-corrected chi connectivity index (χ2v) is 8.23. The van der Waals surface area contributed by atoms with Crippen molar-refractivity contribution in [3.63, 3.8) is 0 Å². The molecule has 1 saturated heterocycles. The Morgan fingerprint density at radius 3 is 2.58 bits per heavy atom. The molecule has 1 atom stereocenters. The molecule has 2 aromatic rings. The van der Waals surface area contributed by atoms with Gasteiger partial charge in [0.25, 0.3) is 5.56 Å². The third kappa shape index (κ3) is 4.40. The molecule has 1 aliphatic heterocycles. The van der Waals surface area contributed by atoms with Crippen LogP contribution in [-0.2, 0) is 11.3 Å². The lowest BCUT2D eigenvalue weighted by molar-refractivity contribution is -0.133. The van der Waals surface area contributed by atoms with Crippen molar-refractivity contribution in [1.82, 2.24) is 14.7 Å². The van der Waals surface area contributed by atoms with E-state index in [2.05, 4.69) is 25.9 Å². The zero-order chi connectivity index (χ0) is 18.7. The molecule has 0 N–H and O–H groups in total. The Bertz CT molecular complexity index is 821. The molecule has 2 heterocycles. The maximum absolute atomic E-state index is 12.8. The minimum atomic E-state index is -0.246. The Labute approximate surface area is 154 Å².